The maximum Gasteiger partial charge on any atom is 0.339 e. The molecule has 2 nitrogen and oxygen atoms in total. The van der Waals surface area contributed by atoms with Gasteiger partial charge in [0.25, 0.3) is 0 Å². The average molecular weight is 262 g/mol. The molecule has 98 valence electrons. The largest absolute Gasteiger partial charge is 0.423 e. The molecule has 0 amide bonds. The number of hydrogen-bond acceptors (Lipinski definition) is 2. The van der Waals surface area contributed by atoms with Crippen LogP contribution in [0.2, 0.25) is 0 Å². The molecule has 0 aliphatic rings. The minimum Gasteiger partial charge on any atom is -0.423 e. The van der Waals surface area contributed by atoms with Crippen molar-refractivity contribution in [1.29, 1.82) is 0 Å². The highest BCUT2D eigenvalue weighted by molar-refractivity contribution is 5.76. The molecule has 0 bridgehead atoms. The fourth-order valence-corrected chi connectivity index (χ4v) is 2.13. The van der Waals surface area contributed by atoms with Gasteiger partial charge in [0.15, 0.2) is 0 Å². The smallest absolute Gasteiger partial charge is 0.339 e. The van der Waals surface area contributed by atoms with Gasteiger partial charge in [-0.1, -0.05) is 60.7 Å². The van der Waals surface area contributed by atoms with Gasteiger partial charge in [-0.2, -0.15) is 0 Å². The van der Waals surface area contributed by atoms with E-state index in [0.29, 0.717) is 17.6 Å². The quantitative estimate of drug-likeness (QED) is 0.666. The van der Waals surface area contributed by atoms with Crippen LogP contribution in [-0.4, -0.2) is 0 Å². The summed E-state index contributed by atoms with van der Waals surface area (Å²) in [6.45, 7) is 0. The zero-order valence-corrected chi connectivity index (χ0v) is 11.0. The summed E-state index contributed by atoms with van der Waals surface area (Å²) < 4.78 is 5.31. The lowest BCUT2D eigenvalue weighted by molar-refractivity contribution is 0.553. The number of fused-ring (bicyclic) bond motifs is 1. The van der Waals surface area contributed by atoms with Gasteiger partial charge in [0, 0.05) is 10.9 Å². The third-order valence-electron chi connectivity index (χ3n) is 3.16. The minimum atomic E-state index is -0.263. The third-order valence-corrected chi connectivity index (χ3v) is 3.16. The second-order valence-electron chi connectivity index (χ2n) is 4.61. The van der Waals surface area contributed by atoms with E-state index >= 15 is 0 Å². The van der Waals surface area contributed by atoms with Crippen LogP contribution in [0.5, 0.6) is 0 Å². The summed E-state index contributed by atoms with van der Waals surface area (Å²) in [6, 6.07) is 19.5. The van der Waals surface area contributed by atoms with Crippen LogP contribution in [0.1, 0.15) is 11.1 Å². The van der Waals surface area contributed by atoms with E-state index in [4.69, 9.17) is 4.42 Å². The molecule has 0 atom stereocenters. The maximum absolute atomic E-state index is 11.9. The molecule has 3 rings (SSSR count). The lowest BCUT2D eigenvalue weighted by Gasteiger charge is -1.99. The fourth-order valence-electron chi connectivity index (χ4n) is 2.13. The molecule has 2 heteroatoms. The molecule has 0 fully saturated rings. The van der Waals surface area contributed by atoms with Crippen LogP contribution in [0, 0.1) is 0 Å². The second kappa shape index (κ2) is 5.57. The van der Waals surface area contributed by atoms with E-state index in [-0.39, 0.29) is 5.63 Å². The maximum atomic E-state index is 11.9. The first kappa shape index (κ1) is 12.4. The lowest BCUT2D eigenvalue weighted by atomic mass is 10.1. The minimum absolute atomic E-state index is 0.263. The molecule has 0 radical (unpaired) electrons. The highest BCUT2D eigenvalue weighted by Crippen LogP contribution is 2.13. The number of hydrogen-bond donors (Lipinski definition) is 0. The van der Waals surface area contributed by atoms with Crippen LogP contribution in [0.25, 0.3) is 17.0 Å². The van der Waals surface area contributed by atoms with Gasteiger partial charge in [-0.3, -0.25) is 0 Å². The van der Waals surface area contributed by atoms with Crippen molar-refractivity contribution in [2.24, 2.45) is 0 Å². The van der Waals surface area contributed by atoms with Crippen molar-refractivity contribution in [2.45, 2.75) is 6.42 Å². The van der Waals surface area contributed by atoms with Crippen LogP contribution in [0.15, 0.2) is 76.0 Å². The van der Waals surface area contributed by atoms with Gasteiger partial charge in [0.1, 0.15) is 5.58 Å². The number of rotatable bonds is 3. The van der Waals surface area contributed by atoms with Gasteiger partial charge in [-0.25, -0.2) is 4.79 Å². The van der Waals surface area contributed by atoms with Crippen molar-refractivity contribution in [3.05, 3.63) is 88.3 Å². The number of allylic oxidation sites excluding steroid dienone is 1. The normalized spacial score (nSPS) is 11.2. The highest BCUT2D eigenvalue weighted by atomic mass is 16.4. The standard InChI is InChI=1S/C18H14O2/c19-18-16(11-6-9-14-7-2-1-3-8-14)13-15-10-4-5-12-17(15)20-18/h1-10,12-13H,11H2/b9-6+. The average Bonchev–Trinajstić information content (AvgIpc) is 2.49. The monoisotopic (exact) mass is 262 g/mol. The Morgan fingerprint density at radius 3 is 2.55 bits per heavy atom. The molecule has 3 aromatic rings. The van der Waals surface area contributed by atoms with E-state index in [1.54, 1.807) is 6.07 Å². The summed E-state index contributed by atoms with van der Waals surface area (Å²) in [4.78, 5) is 11.9. The molecule has 2 aromatic carbocycles. The van der Waals surface area contributed by atoms with E-state index in [2.05, 4.69) is 0 Å². The van der Waals surface area contributed by atoms with Crippen molar-refractivity contribution in [3.63, 3.8) is 0 Å². The molecule has 0 saturated carbocycles. The molecule has 1 heterocycles. The van der Waals surface area contributed by atoms with E-state index in [1.165, 1.54) is 0 Å². The van der Waals surface area contributed by atoms with E-state index < -0.39 is 0 Å². The summed E-state index contributed by atoms with van der Waals surface area (Å²) in [7, 11) is 0. The van der Waals surface area contributed by atoms with Gasteiger partial charge in [-0.15, -0.1) is 0 Å². The first-order chi connectivity index (χ1) is 9.83. The Morgan fingerprint density at radius 2 is 1.70 bits per heavy atom. The molecule has 0 N–H and O–H groups in total. The summed E-state index contributed by atoms with van der Waals surface area (Å²) in [5.41, 5.74) is 2.17. The molecule has 0 aliphatic carbocycles. The molecular formula is C18H14O2. The van der Waals surface area contributed by atoms with Crippen molar-refractivity contribution >= 4 is 17.0 Å². The Bertz CT molecular complexity index is 798. The van der Waals surface area contributed by atoms with Crippen molar-refractivity contribution in [3.8, 4) is 0 Å². The second-order valence-corrected chi connectivity index (χ2v) is 4.61. The summed E-state index contributed by atoms with van der Waals surface area (Å²) in [6.07, 6.45) is 4.56. The van der Waals surface area contributed by atoms with Gasteiger partial charge >= 0.3 is 5.63 Å². The van der Waals surface area contributed by atoms with Crippen LogP contribution in [-0.2, 0) is 6.42 Å². The fraction of sp³-hybridized carbons (Fsp3) is 0.0556. The topological polar surface area (TPSA) is 30.2 Å². The van der Waals surface area contributed by atoms with Gasteiger partial charge in [0.2, 0.25) is 0 Å². The zero-order valence-electron chi connectivity index (χ0n) is 11.0. The Balaban J connectivity index is 1.86. The van der Waals surface area contributed by atoms with Gasteiger partial charge in [-0.05, 0) is 24.1 Å². The van der Waals surface area contributed by atoms with Crippen molar-refractivity contribution in [1.82, 2.24) is 0 Å². The van der Waals surface area contributed by atoms with Crippen LogP contribution in [0.4, 0.5) is 0 Å². The van der Waals surface area contributed by atoms with Crippen LogP contribution >= 0.6 is 0 Å². The molecule has 20 heavy (non-hydrogen) atoms. The third kappa shape index (κ3) is 2.69. The van der Waals surface area contributed by atoms with Crippen LogP contribution in [0.3, 0.4) is 0 Å². The zero-order chi connectivity index (χ0) is 13.8. The Kier molecular flexibility index (Phi) is 3.46. The van der Waals surface area contributed by atoms with E-state index in [0.717, 1.165) is 10.9 Å². The first-order valence-electron chi connectivity index (χ1n) is 6.56. The predicted octanol–water partition coefficient (Wildman–Crippen LogP) is 4.05. The van der Waals surface area contributed by atoms with Crippen molar-refractivity contribution < 1.29 is 4.42 Å². The molecule has 0 unspecified atom stereocenters. The number of para-hydroxylation sites is 1. The van der Waals surface area contributed by atoms with Gasteiger partial charge < -0.3 is 4.42 Å². The number of benzene rings is 2. The molecule has 0 saturated heterocycles. The first-order valence-corrected chi connectivity index (χ1v) is 6.56. The summed E-state index contributed by atoms with van der Waals surface area (Å²) in [5, 5.41) is 0.954. The van der Waals surface area contributed by atoms with E-state index in [9.17, 15) is 4.79 Å². The molecule has 1 aromatic heterocycles. The SMILES string of the molecule is O=c1oc2ccccc2cc1C/C=C/c1ccccc1. The van der Waals surface area contributed by atoms with Gasteiger partial charge in [0.05, 0.1) is 0 Å². The molecule has 0 spiro atoms. The molecule has 0 aliphatic heterocycles. The Morgan fingerprint density at radius 1 is 0.950 bits per heavy atom. The highest BCUT2D eigenvalue weighted by Gasteiger charge is 2.02. The van der Waals surface area contributed by atoms with E-state index in [1.807, 2.05) is 66.7 Å². The summed E-state index contributed by atoms with van der Waals surface area (Å²) >= 11 is 0. The van der Waals surface area contributed by atoms with Crippen molar-refractivity contribution in [2.75, 3.05) is 0 Å². The van der Waals surface area contributed by atoms with Crippen LogP contribution < -0.4 is 5.63 Å². The molecular weight excluding hydrogens is 248 g/mol. The predicted molar refractivity (Wildman–Crippen MR) is 81.7 cm³/mol. The lowest BCUT2D eigenvalue weighted by Crippen LogP contribution is -2.05. The Labute approximate surface area is 117 Å². The Hall–Kier alpha value is -2.61. The summed E-state index contributed by atoms with van der Waals surface area (Å²) in [5.74, 6) is 0.